The zero-order valence-corrected chi connectivity index (χ0v) is 14.5. The van der Waals surface area contributed by atoms with E-state index >= 15 is 0 Å². The molecule has 3 aromatic rings. The van der Waals surface area contributed by atoms with Crippen molar-refractivity contribution >= 4 is 17.1 Å². The predicted molar refractivity (Wildman–Crippen MR) is 96.2 cm³/mol. The Morgan fingerprint density at radius 1 is 1.28 bits per heavy atom. The van der Waals surface area contributed by atoms with Crippen LogP contribution in [0, 0.1) is 6.92 Å². The van der Waals surface area contributed by atoms with Crippen LogP contribution in [0.3, 0.4) is 0 Å². The Morgan fingerprint density at radius 3 is 2.76 bits per heavy atom. The third-order valence-electron chi connectivity index (χ3n) is 4.19. The maximum atomic E-state index is 12.4. The second kappa shape index (κ2) is 6.94. The number of hydrogen-bond donors (Lipinski definition) is 2. The first kappa shape index (κ1) is 17.0. The predicted octanol–water partition coefficient (Wildman–Crippen LogP) is 0.838. The fourth-order valence-electron chi connectivity index (χ4n) is 2.75. The molecule has 2 aromatic heterocycles. The number of H-pyrrole nitrogens is 1. The molecule has 3 rings (SSSR count). The quantitative estimate of drug-likeness (QED) is 0.647. The minimum Gasteiger partial charge on any atom is -0.383 e. The van der Waals surface area contributed by atoms with Crippen LogP contribution in [0.4, 0.5) is 5.95 Å². The molecule has 0 amide bonds. The van der Waals surface area contributed by atoms with Gasteiger partial charge in [0.05, 0.1) is 13.2 Å². The van der Waals surface area contributed by atoms with Crippen molar-refractivity contribution in [2.75, 3.05) is 25.6 Å². The molecular weight excluding hydrogens is 322 g/mol. The summed E-state index contributed by atoms with van der Waals surface area (Å²) in [6.45, 7) is 3.54. The largest absolute Gasteiger partial charge is 0.383 e. The Hall–Kier alpha value is -2.87. The van der Waals surface area contributed by atoms with E-state index in [9.17, 15) is 9.59 Å². The van der Waals surface area contributed by atoms with Crippen molar-refractivity contribution in [1.29, 1.82) is 0 Å². The molecule has 0 aliphatic rings. The molecule has 2 N–H and O–H groups in total. The van der Waals surface area contributed by atoms with Gasteiger partial charge in [0.2, 0.25) is 5.95 Å². The monoisotopic (exact) mass is 343 g/mol. The number of anilines is 1. The Kier molecular flexibility index (Phi) is 4.71. The molecule has 0 spiro atoms. The van der Waals surface area contributed by atoms with Gasteiger partial charge < -0.3 is 10.1 Å². The van der Waals surface area contributed by atoms with Gasteiger partial charge in [0.25, 0.3) is 5.56 Å². The van der Waals surface area contributed by atoms with Crippen molar-refractivity contribution in [2.24, 2.45) is 7.05 Å². The van der Waals surface area contributed by atoms with E-state index in [1.807, 2.05) is 31.2 Å². The molecule has 0 fully saturated rings. The summed E-state index contributed by atoms with van der Waals surface area (Å²) in [4.78, 5) is 31.1. The molecule has 0 atom stereocenters. The highest BCUT2D eigenvalue weighted by molar-refractivity contribution is 5.74. The Labute approximate surface area is 144 Å². The lowest BCUT2D eigenvalue weighted by atomic mass is 10.1. The van der Waals surface area contributed by atoms with E-state index in [1.165, 1.54) is 4.57 Å². The van der Waals surface area contributed by atoms with Crippen LogP contribution in [0.1, 0.15) is 11.1 Å². The third-order valence-corrected chi connectivity index (χ3v) is 4.19. The third kappa shape index (κ3) is 3.20. The van der Waals surface area contributed by atoms with Crippen molar-refractivity contribution < 1.29 is 4.74 Å². The van der Waals surface area contributed by atoms with Crippen LogP contribution in [0.5, 0.6) is 0 Å². The average molecular weight is 343 g/mol. The number of fused-ring (bicyclic) bond motifs is 1. The lowest BCUT2D eigenvalue weighted by Crippen LogP contribution is -2.29. The van der Waals surface area contributed by atoms with Crippen LogP contribution in [0.2, 0.25) is 0 Å². The number of nitrogens with one attached hydrogen (secondary N) is 2. The molecule has 0 bridgehead atoms. The molecule has 0 unspecified atom stereocenters. The number of benzene rings is 1. The Morgan fingerprint density at radius 2 is 2.04 bits per heavy atom. The SMILES string of the molecule is COCCNc1nc2c(c(=O)[nH]c(=O)n2C)n1Cc1ccccc1C. The number of hydrogen-bond acceptors (Lipinski definition) is 5. The fraction of sp³-hybridized carbons (Fsp3) is 0.353. The highest BCUT2D eigenvalue weighted by Gasteiger charge is 2.17. The van der Waals surface area contributed by atoms with Gasteiger partial charge in [-0.15, -0.1) is 0 Å². The first-order valence-corrected chi connectivity index (χ1v) is 7.99. The van der Waals surface area contributed by atoms with E-state index in [4.69, 9.17) is 4.74 Å². The maximum Gasteiger partial charge on any atom is 0.329 e. The number of ether oxygens (including phenoxy) is 1. The molecule has 0 aliphatic carbocycles. The average Bonchev–Trinajstić information content (AvgIpc) is 2.94. The summed E-state index contributed by atoms with van der Waals surface area (Å²) in [6.07, 6.45) is 0. The summed E-state index contributed by atoms with van der Waals surface area (Å²) < 4.78 is 8.20. The van der Waals surface area contributed by atoms with E-state index in [2.05, 4.69) is 15.3 Å². The standard InChI is InChI=1S/C17H21N5O3/c1-11-6-4-5-7-12(11)10-22-13-14(19-16(22)18-8-9-25-3)21(2)17(24)20-15(13)23/h4-7H,8-10H2,1-3H3,(H,18,19)(H,20,23,24). The van der Waals surface area contributed by atoms with Crippen LogP contribution in [-0.2, 0) is 18.3 Å². The smallest absolute Gasteiger partial charge is 0.329 e. The van der Waals surface area contributed by atoms with Crippen LogP contribution >= 0.6 is 0 Å². The highest BCUT2D eigenvalue weighted by atomic mass is 16.5. The topological polar surface area (TPSA) is 93.9 Å². The Bertz CT molecular complexity index is 1020. The van der Waals surface area contributed by atoms with Gasteiger partial charge in [-0.25, -0.2) is 4.79 Å². The number of aryl methyl sites for hydroxylation is 2. The van der Waals surface area contributed by atoms with Crippen LogP contribution in [-0.4, -0.2) is 39.4 Å². The van der Waals surface area contributed by atoms with Crippen molar-refractivity contribution in [3.63, 3.8) is 0 Å². The first-order chi connectivity index (χ1) is 12.0. The van der Waals surface area contributed by atoms with Crippen LogP contribution in [0.25, 0.3) is 11.2 Å². The van der Waals surface area contributed by atoms with Gasteiger partial charge in [-0.05, 0) is 18.1 Å². The fourth-order valence-corrected chi connectivity index (χ4v) is 2.75. The number of aromatic nitrogens is 4. The van der Waals surface area contributed by atoms with Crippen molar-refractivity contribution in [3.8, 4) is 0 Å². The molecule has 0 aliphatic heterocycles. The number of imidazole rings is 1. The minimum absolute atomic E-state index is 0.349. The van der Waals surface area contributed by atoms with Gasteiger partial charge in [0.15, 0.2) is 11.2 Å². The molecule has 8 nitrogen and oxygen atoms in total. The van der Waals surface area contributed by atoms with Gasteiger partial charge in [-0.1, -0.05) is 24.3 Å². The molecular formula is C17H21N5O3. The molecule has 0 saturated heterocycles. The number of methoxy groups -OCH3 is 1. The van der Waals surface area contributed by atoms with Crippen LogP contribution in [0.15, 0.2) is 33.9 Å². The van der Waals surface area contributed by atoms with E-state index in [0.29, 0.717) is 36.8 Å². The lowest BCUT2D eigenvalue weighted by molar-refractivity contribution is 0.210. The summed E-state index contributed by atoms with van der Waals surface area (Å²) in [5.41, 5.74) is 1.98. The van der Waals surface area contributed by atoms with Crippen molar-refractivity contribution in [2.45, 2.75) is 13.5 Å². The Balaban J connectivity index is 2.17. The molecule has 1 aromatic carbocycles. The number of aromatic amines is 1. The van der Waals surface area contributed by atoms with Gasteiger partial charge in [-0.2, -0.15) is 4.98 Å². The number of nitrogens with zero attached hydrogens (tertiary/aromatic N) is 3. The van der Waals surface area contributed by atoms with E-state index in [1.54, 1.807) is 18.7 Å². The van der Waals surface area contributed by atoms with E-state index < -0.39 is 11.2 Å². The van der Waals surface area contributed by atoms with E-state index in [-0.39, 0.29) is 0 Å². The first-order valence-electron chi connectivity index (χ1n) is 7.99. The summed E-state index contributed by atoms with van der Waals surface area (Å²) in [5, 5.41) is 3.18. The van der Waals surface area contributed by atoms with Gasteiger partial charge in [0.1, 0.15) is 0 Å². The van der Waals surface area contributed by atoms with E-state index in [0.717, 1.165) is 11.1 Å². The van der Waals surface area contributed by atoms with Gasteiger partial charge in [-0.3, -0.25) is 18.9 Å². The van der Waals surface area contributed by atoms with Crippen molar-refractivity contribution in [1.82, 2.24) is 19.1 Å². The summed E-state index contributed by atoms with van der Waals surface area (Å²) in [5.74, 6) is 0.530. The van der Waals surface area contributed by atoms with Crippen LogP contribution < -0.4 is 16.6 Å². The summed E-state index contributed by atoms with van der Waals surface area (Å²) in [7, 11) is 3.21. The normalized spacial score (nSPS) is 11.2. The second-order valence-corrected chi connectivity index (χ2v) is 5.86. The molecule has 0 radical (unpaired) electrons. The van der Waals surface area contributed by atoms with Gasteiger partial charge >= 0.3 is 5.69 Å². The summed E-state index contributed by atoms with van der Waals surface area (Å²) in [6, 6.07) is 7.96. The maximum absolute atomic E-state index is 12.4. The molecule has 8 heteroatoms. The molecule has 132 valence electrons. The molecule has 2 heterocycles. The lowest BCUT2D eigenvalue weighted by Gasteiger charge is -2.12. The minimum atomic E-state index is -0.485. The van der Waals surface area contributed by atoms with Gasteiger partial charge in [0, 0.05) is 20.7 Å². The highest BCUT2D eigenvalue weighted by Crippen LogP contribution is 2.19. The zero-order chi connectivity index (χ0) is 18.0. The molecule has 25 heavy (non-hydrogen) atoms. The summed E-state index contributed by atoms with van der Waals surface area (Å²) >= 11 is 0. The molecule has 0 saturated carbocycles. The number of rotatable bonds is 6. The second-order valence-electron chi connectivity index (χ2n) is 5.86. The van der Waals surface area contributed by atoms with Crippen molar-refractivity contribution in [3.05, 3.63) is 56.2 Å². The zero-order valence-electron chi connectivity index (χ0n) is 14.5.